The summed E-state index contributed by atoms with van der Waals surface area (Å²) in [5.41, 5.74) is 2.09. The monoisotopic (exact) mass is 572 g/mol. The molecule has 220 valence electrons. The number of aromatic hydroxyl groups is 1. The van der Waals surface area contributed by atoms with Crippen molar-refractivity contribution < 1.29 is 23.9 Å². The van der Waals surface area contributed by atoms with Gasteiger partial charge in [0.2, 0.25) is 5.91 Å². The van der Waals surface area contributed by atoms with Crippen LogP contribution in [0.4, 0.5) is 17.2 Å². The molecule has 1 saturated carbocycles. The van der Waals surface area contributed by atoms with Gasteiger partial charge in [0.05, 0.1) is 11.4 Å². The molecule has 11 heteroatoms. The highest BCUT2D eigenvalue weighted by molar-refractivity contribution is 6.06. The van der Waals surface area contributed by atoms with Gasteiger partial charge in [0.25, 0.3) is 5.91 Å². The normalized spacial score (nSPS) is 17.1. The lowest BCUT2D eigenvalue weighted by Gasteiger charge is -2.37. The van der Waals surface area contributed by atoms with E-state index in [9.17, 15) is 19.5 Å². The third-order valence-corrected chi connectivity index (χ3v) is 8.19. The number of benzene rings is 1. The number of pyridine rings is 1. The Morgan fingerprint density at radius 3 is 2.60 bits per heavy atom. The Kier molecular flexibility index (Phi) is 8.07. The number of carbonyl (C=O) groups excluding carboxylic acids is 3. The molecule has 6 rings (SSSR count). The highest BCUT2D eigenvalue weighted by Crippen LogP contribution is 2.39. The van der Waals surface area contributed by atoms with E-state index >= 15 is 0 Å². The van der Waals surface area contributed by atoms with E-state index in [0.29, 0.717) is 80.9 Å². The smallest absolute Gasteiger partial charge is 0.277 e. The van der Waals surface area contributed by atoms with Crippen molar-refractivity contribution in [2.75, 3.05) is 54.4 Å². The van der Waals surface area contributed by atoms with Crippen LogP contribution in [0.3, 0.4) is 0 Å². The van der Waals surface area contributed by atoms with Gasteiger partial charge in [0.15, 0.2) is 28.9 Å². The number of amides is 2. The highest BCUT2D eigenvalue weighted by Gasteiger charge is 2.30. The van der Waals surface area contributed by atoms with E-state index in [0.717, 1.165) is 37.9 Å². The van der Waals surface area contributed by atoms with Gasteiger partial charge in [0, 0.05) is 69.8 Å². The van der Waals surface area contributed by atoms with Crippen molar-refractivity contribution in [3.05, 3.63) is 59.9 Å². The number of hydrogen-bond acceptors (Lipinski definition) is 9. The zero-order valence-electron chi connectivity index (χ0n) is 23.6. The maximum Gasteiger partial charge on any atom is 0.277 e. The van der Waals surface area contributed by atoms with Crippen LogP contribution in [0.15, 0.2) is 47.2 Å². The molecule has 0 bridgehead atoms. The van der Waals surface area contributed by atoms with Crippen LogP contribution in [0.2, 0.25) is 0 Å². The number of carbonyl (C=O) groups is 3. The van der Waals surface area contributed by atoms with E-state index < -0.39 is 0 Å². The fourth-order valence-corrected chi connectivity index (χ4v) is 5.65. The molecule has 0 unspecified atom stereocenters. The Bertz CT molecular complexity index is 1460. The van der Waals surface area contributed by atoms with Crippen molar-refractivity contribution in [3.63, 3.8) is 0 Å². The first kappa shape index (κ1) is 27.7. The van der Waals surface area contributed by atoms with E-state index in [1.807, 2.05) is 21.9 Å². The van der Waals surface area contributed by atoms with Crippen molar-refractivity contribution in [1.82, 2.24) is 14.9 Å². The van der Waals surface area contributed by atoms with Gasteiger partial charge >= 0.3 is 0 Å². The third-order valence-electron chi connectivity index (χ3n) is 8.19. The van der Waals surface area contributed by atoms with Crippen LogP contribution in [0.1, 0.15) is 77.6 Å². The summed E-state index contributed by atoms with van der Waals surface area (Å²) >= 11 is 0. The van der Waals surface area contributed by atoms with Crippen LogP contribution >= 0.6 is 0 Å². The number of oxazole rings is 1. The van der Waals surface area contributed by atoms with E-state index in [1.54, 1.807) is 24.4 Å². The van der Waals surface area contributed by atoms with Crippen molar-refractivity contribution in [2.24, 2.45) is 0 Å². The number of aromatic nitrogens is 2. The number of nitrogens with zero attached hydrogens (tertiary/aromatic N) is 5. The summed E-state index contributed by atoms with van der Waals surface area (Å²) in [5, 5.41) is 13.2. The number of rotatable bonds is 11. The fraction of sp³-hybridized carbons (Fsp3) is 0.452. The topological polar surface area (TPSA) is 132 Å². The van der Waals surface area contributed by atoms with Gasteiger partial charge < -0.3 is 29.5 Å². The second kappa shape index (κ2) is 12.2. The average molecular weight is 573 g/mol. The lowest BCUT2D eigenvalue weighted by molar-refractivity contribution is -0.127. The molecule has 42 heavy (non-hydrogen) atoms. The number of unbranched alkanes of at least 4 members (excludes halogenated alkanes) is 1. The first-order valence-electron chi connectivity index (χ1n) is 14.8. The van der Waals surface area contributed by atoms with Crippen LogP contribution in [-0.2, 0) is 4.79 Å². The number of ketones is 1. The summed E-state index contributed by atoms with van der Waals surface area (Å²) < 4.78 is 5.52. The Balaban J connectivity index is 1.15. The summed E-state index contributed by atoms with van der Waals surface area (Å²) in [5.74, 6) is 1.40. The van der Waals surface area contributed by atoms with E-state index in [-0.39, 0.29) is 29.0 Å². The van der Waals surface area contributed by atoms with Crippen molar-refractivity contribution in [2.45, 2.75) is 50.9 Å². The van der Waals surface area contributed by atoms with E-state index in [4.69, 9.17) is 4.42 Å². The van der Waals surface area contributed by atoms with Crippen molar-refractivity contribution in [3.8, 4) is 5.75 Å². The molecule has 0 radical (unpaired) electrons. The van der Waals surface area contributed by atoms with E-state index in [2.05, 4.69) is 20.2 Å². The molecule has 3 fully saturated rings. The van der Waals surface area contributed by atoms with Gasteiger partial charge in [0.1, 0.15) is 6.26 Å². The molecule has 2 amide bonds. The molecule has 3 aromatic rings. The lowest BCUT2D eigenvalue weighted by Crippen LogP contribution is -2.47. The number of hydrogen-bond donors (Lipinski definition) is 2. The molecule has 4 heterocycles. The first-order valence-corrected chi connectivity index (χ1v) is 14.8. The van der Waals surface area contributed by atoms with Gasteiger partial charge in [-0.2, -0.15) is 0 Å². The third kappa shape index (κ3) is 6.24. The number of anilines is 3. The number of likely N-dealkylation sites (tertiary alicyclic amines) is 1. The average Bonchev–Trinajstić information content (AvgIpc) is 3.59. The maximum absolute atomic E-state index is 13.2. The summed E-state index contributed by atoms with van der Waals surface area (Å²) in [6, 6.07) is 8.78. The minimum atomic E-state index is -0.385. The molecule has 11 nitrogen and oxygen atoms in total. The number of Topliss-reactive ketones (excluding diaryl/α,β-unsaturated/α-hetero) is 1. The molecular formula is C31H36N6O5. The first-order chi connectivity index (χ1) is 20.5. The predicted molar refractivity (Wildman–Crippen MR) is 157 cm³/mol. The summed E-state index contributed by atoms with van der Waals surface area (Å²) in [7, 11) is 0. The Morgan fingerprint density at radius 1 is 1.05 bits per heavy atom. The zero-order valence-corrected chi connectivity index (χ0v) is 23.6. The summed E-state index contributed by atoms with van der Waals surface area (Å²) in [4.78, 5) is 53.0. The van der Waals surface area contributed by atoms with Crippen LogP contribution in [-0.4, -0.2) is 76.8 Å². The van der Waals surface area contributed by atoms with Crippen LogP contribution in [0, 0.1) is 0 Å². The molecule has 3 aliphatic rings. The Hall–Kier alpha value is -4.41. The maximum atomic E-state index is 13.2. The van der Waals surface area contributed by atoms with Gasteiger partial charge in [-0.1, -0.05) is 0 Å². The minimum Gasteiger partial charge on any atom is -0.504 e. The Morgan fingerprint density at radius 2 is 1.86 bits per heavy atom. The van der Waals surface area contributed by atoms with Crippen molar-refractivity contribution in [1.29, 1.82) is 0 Å². The van der Waals surface area contributed by atoms with E-state index in [1.165, 1.54) is 6.26 Å². The standard InChI is InChI=1S/C31H36N6O5/c38-26(5-1-2-13-36-14-4-7-28(36)40)22-10-11-25(35-15-17-37(18-16-35)29-27(39)6-3-12-32-29)23(19-22)33-30(41)24-20-42-31(34-24)21-8-9-21/h3,6,10-12,19-21,39H,1-2,4-5,7-9,13-18H2,(H,33,41). The number of nitrogens with one attached hydrogen (secondary N) is 1. The molecule has 0 atom stereocenters. The molecule has 0 spiro atoms. The van der Waals surface area contributed by atoms with Gasteiger partial charge in [-0.3, -0.25) is 14.4 Å². The molecule has 2 saturated heterocycles. The molecule has 2 aliphatic heterocycles. The minimum absolute atomic E-state index is 0.00213. The highest BCUT2D eigenvalue weighted by atomic mass is 16.3. The molecule has 1 aliphatic carbocycles. The zero-order chi connectivity index (χ0) is 29.1. The molecule has 1 aromatic carbocycles. The van der Waals surface area contributed by atoms with Crippen LogP contribution < -0.4 is 15.1 Å². The number of piperazine rings is 1. The van der Waals surface area contributed by atoms with Crippen molar-refractivity contribution >= 4 is 34.8 Å². The SMILES string of the molecule is O=C(CCCCN1CCCC1=O)c1ccc(N2CCN(c3ncccc3O)CC2)c(NC(=O)c2coc(C3CC3)n2)c1. The largest absolute Gasteiger partial charge is 0.504 e. The summed E-state index contributed by atoms with van der Waals surface area (Å²) in [6.07, 6.45) is 8.47. The van der Waals surface area contributed by atoms with Crippen LogP contribution in [0.5, 0.6) is 5.75 Å². The van der Waals surface area contributed by atoms with Crippen LogP contribution in [0.25, 0.3) is 0 Å². The van der Waals surface area contributed by atoms with Gasteiger partial charge in [-0.15, -0.1) is 0 Å². The van der Waals surface area contributed by atoms with Gasteiger partial charge in [-0.25, -0.2) is 9.97 Å². The molecule has 2 N–H and O–H groups in total. The second-order valence-corrected chi connectivity index (χ2v) is 11.2. The quantitative estimate of drug-likeness (QED) is 0.256. The van der Waals surface area contributed by atoms with Gasteiger partial charge in [-0.05, 0) is 62.4 Å². The lowest BCUT2D eigenvalue weighted by atomic mass is 10.0. The second-order valence-electron chi connectivity index (χ2n) is 11.2. The molecular weight excluding hydrogens is 536 g/mol. The summed E-state index contributed by atoms with van der Waals surface area (Å²) in [6.45, 7) is 4.03. The molecule has 2 aromatic heterocycles. The fourth-order valence-electron chi connectivity index (χ4n) is 5.65. The predicted octanol–water partition coefficient (Wildman–Crippen LogP) is 4.21. The Labute approximate surface area is 244 Å².